The number of hydrogen-bond acceptors (Lipinski definition) is 3. The second-order valence-corrected chi connectivity index (χ2v) is 3.05. The molecule has 0 N–H and O–H groups in total. The Balaban J connectivity index is 2.52. The number of benzene rings is 1. The average molecular weight is 192 g/mol. The van der Waals surface area contributed by atoms with E-state index in [0.29, 0.717) is 11.3 Å². The van der Waals surface area contributed by atoms with E-state index in [1.165, 1.54) is 0 Å². The minimum atomic E-state index is -0.481. The van der Waals surface area contributed by atoms with Crippen molar-refractivity contribution in [1.82, 2.24) is 0 Å². The summed E-state index contributed by atoms with van der Waals surface area (Å²) in [4.78, 5) is 22.0. The molecular weight excluding hydrogens is 184 g/mol. The van der Waals surface area contributed by atoms with Crippen LogP contribution in [-0.2, 0) is 0 Å². The SMILES string of the molecule is O=C1CCN([N+](=O)[O-])c2ccccc21. The van der Waals surface area contributed by atoms with Crippen LogP contribution in [0.4, 0.5) is 5.69 Å². The van der Waals surface area contributed by atoms with Crippen LogP contribution in [0.3, 0.4) is 0 Å². The van der Waals surface area contributed by atoms with E-state index in [0.717, 1.165) is 5.01 Å². The third-order valence-electron chi connectivity index (χ3n) is 2.23. The maximum Gasteiger partial charge on any atom is 0.167 e. The highest BCUT2D eigenvalue weighted by atomic mass is 16.7. The monoisotopic (exact) mass is 192 g/mol. The van der Waals surface area contributed by atoms with Crippen molar-refractivity contribution in [2.24, 2.45) is 0 Å². The molecule has 1 heterocycles. The number of carbonyl (C=O) groups is 1. The summed E-state index contributed by atoms with van der Waals surface area (Å²) in [6.07, 6.45) is 0.206. The van der Waals surface area contributed by atoms with Crippen molar-refractivity contribution in [1.29, 1.82) is 0 Å². The van der Waals surface area contributed by atoms with E-state index in [9.17, 15) is 14.9 Å². The predicted octanol–water partition coefficient (Wildman–Crippen LogP) is 1.27. The quantitative estimate of drug-likeness (QED) is 0.496. The van der Waals surface area contributed by atoms with E-state index < -0.39 is 5.03 Å². The van der Waals surface area contributed by atoms with Crippen molar-refractivity contribution in [2.45, 2.75) is 6.42 Å². The Kier molecular flexibility index (Phi) is 1.92. The largest absolute Gasteiger partial charge is 0.294 e. The molecule has 14 heavy (non-hydrogen) atoms. The molecule has 0 aliphatic carbocycles. The van der Waals surface area contributed by atoms with Crippen molar-refractivity contribution in [3.05, 3.63) is 39.9 Å². The number of rotatable bonds is 1. The first-order valence-corrected chi connectivity index (χ1v) is 4.24. The van der Waals surface area contributed by atoms with Crippen LogP contribution in [0.25, 0.3) is 0 Å². The molecule has 72 valence electrons. The van der Waals surface area contributed by atoms with Gasteiger partial charge < -0.3 is 0 Å². The fraction of sp³-hybridized carbons (Fsp3) is 0.222. The van der Waals surface area contributed by atoms with Gasteiger partial charge in [0.15, 0.2) is 10.8 Å². The van der Waals surface area contributed by atoms with Crippen LogP contribution in [0.1, 0.15) is 16.8 Å². The van der Waals surface area contributed by atoms with Crippen molar-refractivity contribution in [2.75, 3.05) is 11.6 Å². The zero-order chi connectivity index (χ0) is 10.1. The zero-order valence-corrected chi connectivity index (χ0v) is 7.34. The second kappa shape index (κ2) is 3.10. The van der Waals surface area contributed by atoms with Crippen LogP contribution < -0.4 is 5.01 Å². The molecule has 1 aliphatic heterocycles. The molecule has 0 aromatic heterocycles. The minimum Gasteiger partial charge on any atom is -0.294 e. The topological polar surface area (TPSA) is 63.5 Å². The van der Waals surface area contributed by atoms with E-state index in [1.807, 2.05) is 0 Å². The standard InChI is InChI=1S/C9H8N2O3/c12-9-5-6-10(11(13)14)8-4-2-1-3-7(8)9/h1-4H,5-6H2. The Morgan fingerprint density at radius 2 is 2.07 bits per heavy atom. The predicted molar refractivity (Wildman–Crippen MR) is 49.7 cm³/mol. The van der Waals surface area contributed by atoms with Gasteiger partial charge in [0.2, 0.25) is 0 Å². The van der Waals surface area contributed by atoms with Crippen LogP contribution in [-0.4, -0.2) is 17.4 Å². The molecule has 1 aliphatic rings. The molecule has 0 atom stereocenters. The molecule has 0 bridgehead atoms. The van der Waals surface area contributed by atoms with Gasteiger partial charge >= 0.3 is 0 Å². The van der Waals surface area contributed by atoms with Crippen LogP contribution in [0.2, 0.25) is 0 Å². The van der Waals surface area contributed by atoms with Crippen LogP contribution in [0.15, 0.2) is 24.3 Å². The van der Waals surface area contributed by atoms with Crippen molar-refractivity contribution < 1.29 is 9.83 Å². The first-order chi connectivity index (χ1) is 6.70. The Bertz CT molecular complexity index is 403. The zero-order valence-electron chi connectivity index (χ0n) is 7.34. The number of carbonyl (C=O) groups excluding carboxylic acids is 1. The number of anilines is 1. The second-order valence-electron chi connectivity index (χ2n) is 3.05. The lowest BCUT2D eigenvalue weighted by atomic mass is 10.0. The van der Waals surface area contributed by atoms with Crippen molar-refractivity contribution in [3.8, 4) is 0 Å². The molecular formula is C9H8N2O3. The summed E-state index contributed by atoms with van der Waals surface area (Å²) in [7, 11) is 0. The fourth-order valence-electron chi connectivity index (χ4n) is 1.57. The van der Waals surface area contributed by atoms with Crippen molar-refractivity contribution >= 4 is 11.5 Å². The number of nitro groups is 1. The molecule has 0 unspecified atom stereocenters. The van der Waals surface area contributed by atoms with Crippen LogP contribution in [0.5, 0.6) is 0 Å². The third kappa shape index (κ3) is 1.22. The lowest BCUT2D eigenvalue weighted by Gasteiger charge is -2.20. The highest BCUT2D eigenvalue weighted by Crippen LogP contribution is 2.26. The normalized spacial score (nSPS) is 15.1. The Hall–Kier alpha value is -1.91. The van der Waals surface area contributed by atoms with E-state index >= 15 is 0 Å². The molecule has 0 saturated heterocycles. The number of hydrazine groups is 1. The summed E-state index contributed by atoms with van der Waals surface area (Å²) in [6.45, 7) is 0.156. The van der Waals surface area contributed by atoms with Gasteiger partial charge in [0.25, 0.3) is 0 Å². The van der Waals surface area contributed by atoms with Gasteiger partial charge in [-0.2, -0.15) is 0 Å². The summed E-state index contributed by atoms with van der Waals surface area (Å²) < 4.78 is 0. The Morgan fingerprint density at radius 1 is 1.36 bits per heavy atom. The number of fused-ring (bicyclic) bond motifs is 1. The lowest BCUT2D eigenvalue weighted by molar-refractivity contribution is -0.494. The summed E-state index contributed by atoms with van der Waals surface area (Å²) >= 11 is 0. The smallest absolute Gasteiger partial charge is 0.167 e. The summed E-state index contributed by atoms with van der Waals surface area (Å²) in [6, 6.07) is 6.61. The summed E-state index contributed by atoms with van der Waals surface area (Å²) in [5.74, 6) is -0.0290. The number of hydrogen-bond donors (Lipinski definition) is 0. The molecule has 0 saturated carbocycles. The lowest BCUT2D eigenvalue weighted by Crippen LogP contribution is -2.36. The van der Waals surface area contributed by atoms with Gasteiger partial charge in [0, 0.05) is 12.0 Å². The minimum absolute atomic E-state index is 0.0290. The third-order valence-corrected chi connectivity index (χ3v) is 2.23. The van der Waals surface area contributed by atoms with E-state index in [4.69, 9.17) is 0 Å². The molecule has 0 radical (unpaired) electrons. The number of ketones is 1. The molecule has 5 heteroatoms. The van der Waals surface area contributed by atoms with Gasteiger partial charge in [-0.1, -0.05) is 17.1 Å². The molecule has 1 aromatic rings. The van der Waals surface area contributed by atoms with Crippen LogP contribution >= 0.6 is 0 Å². The highest BCUT2D eigenvalue weighted by Gasteiger charge is 2.28. The molecule has 1 aromatic carbocycles. The van der Waals surface area contributed by atoms with Gasteiger partial charge in [0.05, 0.1) is 6.54 Å². The van der Waals surface area contributed by atoms with E-state index in [-0.39, 0.29) is 18.7 Å². The molecule has 0 fully saturated rings. The Labute approximate surface area is 80.1 Å². The van der Waals surface area contributed by atoms with E-state index in [1.54, 1.807) is 24.3 Å². The maximum absolute atomic E-state index is 11.4. The molecule has 2 rings (SSSR count). The highest BCUT2D eigenvalue weighted by molar-refractivity contribution is 6.02. The first-order valence-electron chi connectivity index (χ1n) is 4.24. The maximum atomic E-state index is 11.4. The average Bonchev–Trinajstić information content (AvgIpc) is 2.18. The van der Waals surface area contributed by atoms with E-state index in [2.05, 4.69) is 0 Å². The fourth-order valence-corrected chi connectivity index (χ4v) is 1.57. The van der Waals surface area contributed by atoms with Crippen molar-refractivity contribution in [3.63, 3.8) is 0 Å². The van der Waals surface area contributed by atoms with Gasteiger partial charge in [-0.15, -0.1) is 0 Å². The van der Waals surface area contributed by atoms with Crippen LogP contribution in [0, 0.1) is 10.1 Å². The summed E-state index contributed by atoms with van der Waals surface area (Å²) in [5, 5.41) is 11.2. The van der Waals surface area contributed by atoms with Gasteiger partial charge in [-0.3, -0.25) is 4.79 Å². The Morgan fingerprint density at radius 3 is 2.79 bits per heavy atom. The number of nitrogens with zero attached hydrogens (tertiary/aromatic N) is 2. The number of para-hydroxylation sites is 1. The van der Waals surface area contributed by atoms with Gasteiger partial charge in [-0.25, -0.2) is 10.1 Å². The molecule has 0 spiro atoms. The first kappa shape index (κ1) is 8.68. The van der Waals surface area contributed by atoms with Gasteiger partial charge in [0.1, 0.15) is 5.69 Å². The molecule has 5 nitrogen and oxygen atoms in total. The van der Waals surface area contributed by atoms with Gasteiger partial charge in [-0.05, 0) is 12.1 Å². The molecule has 0 amide bonds. The summed E-state index contributed by atoms with van der Waals surface area (Å²) in [5.41, 5.74) is 0.837. The number of Topliss-reactive ketones (excluding diaryl/α,β-unsaturated/α-hetero) is 1.